The molecule has 3 heterocycles. The molecule has 4 nitrogen and oxygen atoms in total. The van der Waals surface area contributed by atoms with E-state index >= 15 is 0 Å². The molecule has 0 radical (unpaired) electrons. The minimum absolute atomic E-state index is 0.0572. The summed E-state index contributed by atoms with van der Waals surface area (Å²) in [5.74, 6) is 0.998. The molecule has 0 aliphatic carbocycles. The van der Waals surface area contributed by atoms with Crippen molar-refractivity contribution in [2.75, 3.05) is 18.0 Å². The molecule has 0 amide bonds. The van der Waals surface area contributed by atoms with Gasteiger partial charge in [0.25, 0.3) is 0 Å². The van der Waals surface area contributed by atoms with Crippen molar-refractivity contribution in [2.45, 2.75) is 31.7 Å². The van der Waals surface area contributed by atoms with Crippen LogP contribution in [0.25, 0.3) is 0 Å². The number of aliphatic hydroxyl groups excluding tert-OH is 1. The molecular formula is C12H16N2O2. The maximum atomic E-state index is 8.96. The molecule has 1 aromatic rings. The molecular weight excluding hydrogens is 204 g/mol. The van der Waals surface area contributed by atoms with E-state index in [1.165, 1.54) is 12.8 Å². The lowest BCUT2D eigenvalue weighted by atomic mass is 10.2. The Labute approximate surface area is 94.9 Å². The van der Waals surface area contributed by atoms with Gasteiger partial charge in [-0.15, -0.1) is 0 Å². The molecule has 2 bridgehead atoms. The Hall–Kier alpha value is -1.13. The second-order valence-electron chi connectivity index (χ2n) is 4.55. The molecule has 86 valence electrons. The number of hydrogen-bond acceptors (Lipinski definition) is 4. The topological polar surface area (TPSA) is 45.6 Å². The Bertz CT molecular complexity index is 354. The number of aliphatic hydroxyl groups is 1. The van der Waals surface area contributed by atoms with Crippen LogP contribution in [0.1, 0.15) is 18.4 Å². The molecule has 2 fully saturated rings. The number of pyridine rings is 1. The largest absolute Gasteiger partial charge is 0.392 e. The van der Waals surface area contributed by atoms with Crippen LogP contribution in [0.2, 0.25) is 0 Å². The van der Waals surface area contributed by atoms with E-state index in [2.05, 4.69) is 9.88 Å². The van der Waals surface area contributed by atoms with E-state index in [-0.39, 0.29) is 6.61 Å². The van der Waals surface area contributed by atoms with Gasteiger partial charge in [0.15, 0.2) is 0 Å². The molecule has 3 rings (SSSR count). The summed E-state index contributed by atoms with van der Waals surface area (Å²) in [4.78, 5) is 6.66. The summed E-state index contributed by atoms with van der Waals surface area (Å²) in [5, 5.41) is 8.96. The number of morpholine rings is 1. The second kappa shape index (κ2) is 4.03. The van der Waals surface area contributed by atoms with Crippen LogP contribution in [0.4, 0.5) is 5.82 Å². The van der Waals surface area contributed by atoms with Crippen LogP contribution in [0, 0.1) is 0 Å². The van der Waals surface area contributed by atoms with Crippen LogP contribution < -0.4 is 4.90 Å². The summed E-state index contributed by atoms with van der Waals surface area (Å²) in [5.41, 5.74) is 0.861. The highest BCUT2D eigenvalue weighted by Crippen LogP contribution is 2.28. The summed E-state index contributed by atoms with van der Waals surface area (Å²) in [6, 6.07) is 3.91. The summed E-state index contributed by atoms with van der Waals surface area (Å²) in [6.07, 6.45) is 4.87. The second-order valence-corrected chi connectivity index (χ2v) is 4.55. The van der Waals surface area contributed by atoms with E-state index < -0.39 is 0 Å². The van der Waals surface area contributed by atoms with E-state index in [0.717, 1.165) is 24.5 Å². The van der Waals surface area contributed by atoms with E-state index in [4.69, 9.17) is 9.84 Å². The first-order valence-electron chi connectivity index (χ1n) is 5.81. The van der Waals surface area contributed by atoms with Gasteiger partial charge in [0.05, 0.1) is 18.8 Å². The summed E-state index contributed by atoms with van der Waals surface area (Å²) in [7, 11) is 0. The van der Waals surface area contributed by atoms with Gasteiger partial charge >= 0.3 is 0 Å². The van der Waals surface area contributed by atoms with Crippen molar-refractivity contribution in [3.05, 3.63) is 23.9 Å². The fraction of sp³-hybridized carbons (Fsp3) is 0.583. The minimum atomic E-state index is 0.0572. The number of anilines is 1. The third kappa shape index (κ3) is 1.79. The SMILES string of the molecule is OCc1ccc(N2CC3CCC(C2)O3)nc1. The monoisotopic (exact) mass is 220 g/mol. The minimum Gasteiger partial charge on any atom is -0.392 e. The number of rotatable bonds is 2. The Morgan fingerprint density at radius 2 is 2.06 bits per heavy atom. The number of nitrogens with zero attached hydrogens (tertiary/aromatic N) is 2. The van der Waals surface area contributed by atoms with E-state index in [0.29, 0.717) is 12.2 Å². The van der Waals surface area contributed by atoms with Crippen LogP contribution >= 0.6 is 0 Å². The molecule has 0 aromatic carbocycles. The van der Waals surface area contributed by atoms with E-state index in [1.807, 2.05) is 12.1 Å². The van der Waals surface area contributed by atoms with Crippen LogP contribution in [0.15, 0.2) is 18.3 Å². The van der Waals surface area contributed by atoms with Crippen molar-refractivity contribution < 1.29 is 9.84 Å². The quantitative estimate of drug-likeness (QED) is 0.805. The summed E-state index contributed by atoms with van der Waals surface area (Å²) in [6.45, 7) is 1.95. The zero-order valence-electron chi connectivity index (χ0n) is 9.17. The van der Waals surface area contributed by atoms with E-state index in [1.54, 1.807) is 6.20 Å². The lowest BCUT2D eigenvalue weighted by molar-refractivity contribution is 0.0302. The van der Waals surface area contributed by atoms with Crippen LogP contribution in [-0.2, 0) is 11.3 Å². The van der Waals surface area contributed by atoms with Gasteiger partial charge < -0.3 is 14.7 Å². The van der Waals surface area contributed by atoms with Crippen molar-refractivity contribution in [2.24, 2.45) is 0 Å². The van der Waals surface area contributed by atoms with Crippen molar-refractivity contribution in [1.82, 2.24) is 4.98 Å². The van der Waals surface area contributed by atoms with Crippen molar-refractivity contribution in [1.29, 1.82) is 0 Å². The smallest absolute Gasteiger partial charge is 0.128 e. The summed E-state index contributed by atoms with van der Waals surface area (Å²) >= 11 is 0. The van der Waals surface area contributed by atoms with Gasteiger partial charge in [0.1, 0.15) is 5.82 Å². The zero-order valence-corrected chi connectivity index (χ0v) is 9.17. The molecule has 0 spiro atoms. The van der Waals surface area contributed by atoms with Gasteiger partial charge in [-0.3, -0.25) is 0 Å². The average molecular weight is 220 g/mol. The maximum absolute atomic E-state index is 8.96. The molecule has 1 N–H and O–H groups in total. The van der Waals surface area contributed by atoms with Gasteiger partial charge in [0.2, 0.25) is 0 Å². The molecule has 2 saturated heterocycles. The molecule has 2 aliphatic heterocycles. The molecule has 2 unspecified atom stereocenters. The third-order valence-corrected chi connectivity index (χ3v) is 3.36. The van der Waals surface area contributed by atoms with Gasteiger partial charge in [-0.1, -0.05) is 6.07 Å². The highest BCUT2D eigenvalue weighted by atomic mass is 16.5. The van der Waals surface area contributed by atoms with Gasteiger partial charge in [-0.25, -0.2) is 4.98 Å². The third-order valence-electron chi connectivity index (χ3n) is 3.36. The van der Waals surface area contributed by atoms with Gasteiger partial charge in [-0.2, -0.15) is 0 Å². The number of fused-ring (bicyclic) bond motifs is 2. The Kier molecular flexibility index (Phi) is 2.53. The number of aromatic nitrogens is 1. The van der Waals surface area contributed by atoms with Crippen LogP contribution in [0.3, 0.4) is 0 Å². The maximum Gasteiger partial charge on any atom is 0.128 e. The molecule has 2 aliphatic rings. The fourth-order valence-corrected chi connectivity index (χ4v) is 2.50. The number of hydrogen-bond donors (Lipinski definition) is 1. The Morgan fingerprint density at radius 1 is 1.31 bits per heavy atom. The Balaban J connectivity index is 1.76. The van der Waals surface area contributed by atoms with Crippen molar-refractivity contribution in [3.63, 3.8) is 0 Å². The normalized spacial score (nSPS) is 28.4. The molecule has 1 aromatic heterocycles. The van der Waals surface area contributed by atoms with Crippen LogP contribution in [0.5, 0.6) is 0 Å². The standard InChI is InChI=1S/C12H16N2O2/c15-8-9-1-4-12(13-5-9)14-6-10-2-3-11(7-14)16-10/h1,4-5,10-11,15H,2-3,6-8H2. The zero-order chi connectivity index (χ0) is 11.0. The highest BCUT2D eigenvalue weighted by Gasteiger charge is 2.33. The average Bonchev–Trinajstić information content (AvgIpc) is 2.68. The number of ether oxygens (including phenoxy) is 1. The highest BCUT2D eigenvalue weighted by molar-refractivity contribution is 5.40. The fourth-order valence-electron chi connectivity index (χ4n) is 2.50. The van der Waals surface area contributed by atoms with Crippen LogP contribution in [-0.4, -0.2) is 35.4 Å². The van der Waals surface area contributed by atoms with Crippen molar-refractivity contribution >= 4 is 5.82 Å². The van der Waals surface area contributed by atoms with E-state index in [9.17, 15) is 0 Å². The first kappa shape index (κ1) is 10.1. The predicted octanol–water partition coefficient (Wildman–Crippen LogP) is 0.942. The molecule has 16 heavy (non-hydrogen) atoms. The van der Waals surface area contributed by atoms with Gasteiger partial charge in [-0.05, 0) is 24.5 Å². The van der Waals surface area contributed by atoms with Crippen molar-refractivity contribution in [3.8, 4) is 0 Å². The predicted molar refractivity (Wildman–Crippen MR) is 60.3 cm³/mol. The first-order valence-corrected chi connectivity index (χ1v) is 5.81. The molecule has 2 atom stereocenters. The molecule has 0 saturated carbocycles. The molecule has 4 heteroatoms. The first-order chi connectivity index (χ1) is 7.85. The lowest BCUT2D eigenvalue weighted by Gasteiger charge is -2.32. The lowest BCUT2D eigenvalue weighted by Crippen LogP contribution is -2.43. The van der Waals surface area contributed by atoms with Gasteiger partial charge in [0, 0.05) is 19.3 Å². The Morgan fingerprint density at radius 3 is 2.62 bits per heavy atom. The summed E-state index contributed by atoms with van der Waals surface area (Å²) < 4.78 is 5.78.